The van der Waals surface area contributed by atoms with E-state index in [1.165, 1.54) is 30.2 Å². The molecule has 0 amide bonds. The molecule has 11 heteroatoms. The maximum absolute atomic E-state index is 12.4. The summed E-state index contributed by atoms with van der Waals surface area (Å²) in [6.07, 6.45) is 0. The number of aromatic amines is 1. The highest BCUT2D eigenvalue weighted by Crippen LogP contribution is 2.31. The van der Waals surface area contributed by atoms with Crippen molar-refractivity contribution >= 4 is 56.5 Å². The lowest BCUT2D eigenvalue weighted by Gasteiger charge is -2.07. The first-order valence-corrected chi connectivity index (χ1v) is 12.9. The highest BCUT2D eigenvalue weighted by atomic mass is 32.2. The smallest absolute Gasteiger partial charge is 0.345 e. The fraction of sp³-hybridized carbons (Fsp3) is 0.0769. The fourth-order valence-corrected chi connectivity index (χ4v) is 5.05. The Morgan fingerprint density at radius 2 is 1.73 bits per heavy atom. The normalized spacial score (nSPS) is 11.7. The molecule has 0 fully saturated rings. The summed E-state index contributed by atoms with van der Waals surface area (Å²) >= 11 is 2.58. The molecule has 0 aliphatic rings. The molecule has 0 aliphatic heterocycles. The molecule has 0 atom stereocenters. The largest absolute Gasteiger partial charge is 0.510 e. The van der Waals surface area contributed by atoms with Gasteiger partial charge in [0.05, 0.1) is 23.9 Å². The predicted octanol–water partition coefficient (Wildman–Crippen LogP) is 6.18. The van der Waals surface area contributed by atoms with Crippen molar-refractivity contribution < 1.29 is 19.4 Å². The van der Waals surface area contributed by atoms with Gasteiger partial charge in [-0.3, -0.25) is 0 Å². The Balaban J connectivity index is 1.24. The van der Waals surface area contributed by atoms with Gasteiger partial charge in [0.15, 0.2) is 4.34 Å². The Bertz CT molecular complexity index is 1520. The SMILES string of the molecule is COC(=O)C(=C(O)CSc1nnc(Nc2ccc(Oc3ccccc3)cc2)s1)c1nc2ccccc2[nH]1. The van der Waals surface area contributed by atoms with Crippen LogP contribution in [0.25, 0.3) is 16.6 Å². The number of methoxy groups -OCH3 is 1. The van der Waals surface area contributed by atoms with Crippen molar-refractivity contribution in [2.45, 2.75) is 4.34 Å². The number of para-hydroxylation sites is 3. The quantitative estimate of drug-likeness (QED) is 0.0885. The first-order valence-electron chi connectivity index (χ1n) is 11.1. The zero-order valence-corrected chi connectivity index (χ0v) is 21.2. The van der Waals surface area contributed by atoms with Crippen LogP contribution in [-0.4, -0.2) is 44.1 Å². The topological polar surface area (TPSA) is 122 Å². The Labute approximate surface area is 220 Å². The number of aliphatic hydroxyl groups excluding tert-OH is 1. The zero-order chi connectivity index (χ0) is 25.6. The second-order valence-corrected chi connectivity index (χ2v) is 9.84. The Morgan fingerprint density at radius 1 is 1.00 bits per heavy atom. The van der Waals surface area contributed by atoms with Crippen molar-refractivity contribution in [3.63, 3.8) is 0 Å². The molecular weight excluding hydrogens is 510 g/mol. The molecule has 5 aromatic rings. The Kier molecular flexibility index (Phi) is 7.33. The van der Waals surface area contributed by atoms with Gasteiger partial charge in [0, 0.05) is 5.69 Å². The average molecular weight is 532 g/mol. The number of hydrogen-bond acceptors (Lipinski definition) is 10. The van der Waals surface area contributed by atoms with Gasteiger partial charge in [-0.25, -0.2) is 9.78 Å². The van der Waals surface area contributed by atoms with Gasteiger partial charge in [-0.15, -0.1) is 10.2 Å². The molecule has 186 valence electrons. The number of aromatic nitrogens is 4. The number of carbonyl (C=O) groups excluding carboxylic acids is 1. The molecule has 0 radical (unpaired) electrons. The summed E-state index contributed by atoms with van der Waals surface area (Å²) in [7, 11) is 1.26. The molecule has 0 saturated carbocycles. The van der Waals surface area contributed by atoms with Crippen LogP contribution in [0.3, 0.4) is 0 Å². The Hall–Kier alpha value is -4.35. The number of esters is 1. The van der Waals surface area contributed by atoms with Crippen LogP contribution in [-0.2, 0) is 9.53 Å². The van der Waals surface area contributed by atoms with E-state index in [9.17, 15) is 9.90 Å². The molecular formula is C26H21N5O4S2. The standard InChI is InChI=1S/C26H21N5O4S2/c1-34-24(33)22(23-28-19-9-5-6-10-20(19)29-23)21(32)15-36-26-31-30-25(37-26)27-16-11-13-18(14-12-16)35-17-7-3-2-4-8-17/h2-14,32H,15H2,1H3,(H,27,30)(H,28,29). The number of nitrogens with zero attached hydrogens (tertiary/aromatic N) is 3. The number of carbonyl (C=O) groups is 1. The number of rotatable bonds is 9. The van der Waals surface area contributed by atoms with E-state index in [-0.39, 0.29) is 22.9 Å². The van der Waals surface area contributed by atoms with E-state index in [1.54, 1.807) is 0 Å². The lowest BCUT2D eigenvalue weighted by molar-refractivity contribution is -0.133. The first-order chi connectivity index (χ1) is 18.1. The van der Waals surface area contributed by atoms with E-state index in [0.717, 1.165) is 22.7 Å². The highest BCUT2D eigenvalue weighted by molar-refractivity contribution is 8.01. The Morgan fingerprint density at radius 3 is 2.49 bits per heavy atom. The monoisotopic (exact) mass is 531 g/mol. The number of ether oxygens (including phenoxy) is 2. The third-order valence-corrected chi connectivity index (χ3v) is 7.11. The molecule has 0 aliphatic carbocycles. The number of aliphatic hydroxyl groups is 1. The van der Waals surface area contributed by atoms with Crippen LogP contribution >= 0.6 is 23.1 Å². The summed E-state index contributed by atoms with van der Waals surface area (Å²) in [5.41, 5.74) is 2.23. The molecule has 2 aromatic heterocycles. The number of H-pyrrole nitrogens is 1. The molecule has 3 aromatic carbocycles. The van der Waals surface area contributed by atoms with Crippen molar-refractivity contribution in [3.05, 3.63) is 90.4 Å². The number of imidazole rings is 1. The van der Waals surface area contributed by atoms with Crippen molar-refractivity contribution in [2.75, 3.05) is 18.2 Å². The number of nitrogens with one attached hydrogen (secondary N) is 2. The van der Waals surface area contributed by atoms with Gasteiger partial charge < -0.3 is 24.9 Å². The summed E-state index contributed by atoms with van der Waals surface area (Å²) in [6.45, 7) is 0. The fourth-order valence-electron chi connectivity index (χ4n) is 3.40. The van der Waals surface area contributed by atoms with Crippen LogP contribution in [0.4, 0.5) is 10.8 Å². The summed E-state index contributed by atoms with van der Waals surface area (Å²) in [5.74, 6) is 0.957. The van der Waals surface area contributed by atoms with Gasteiger partial charge in [-0.1, -0.05) is 53.4 Å². The molecule has 3 N–H and O–H groups in total. The molecule has 0 spiro atoms. The van der Waals surface area contributed by atoms with Crippen LogP contribution in [0.15, 0.2) is 89.0 Å². The van der Waals surface area contributed by atoms with Gasteiger partial charge in [0.25, 0.3) is 0 Å². The summed E-state index contributed by atoms with van der Waals surface area (Å²) in [6, 6.07) is 24.4. The number of fused-ring (bicyclic) bond motifs is 1. The first kappa shape index (κ1) is 24.3. The minimum absolute atomic E-state index is 0.0214. The van der Waals surface area contributed by atoms with E-state index >= 15 is 0 Å². The van der Waals surface area contributed by atoms with Crippen LogP contribution in [0.1, 0.15) is 5.82 Å². The molecule has 5 rings (SSSR count). The van der Waals surface area contributed by atoms with E-state index in [0.29, 0.717) is 15.0 Å². The number of hydrogen-bond donors (Lipinski definition) is 3. The highest BCUT2D eigenvalue weighted by Gasteiger charge is 2.22. The van der Waals surface area contributed by atoms with Crippen LogP contribution in [0.5, 0.6) is 11.5 Å². The summed E-state index contributed by atoms with van der Waals surface area (Å²) in [5, 5.41) is 22.9. The van der Waals surface area contributed by atoms with E-state index in [4.69, 9.17) is 9.47 Å². The third-order valence-electron chi connectivity index (χ3n) is 5.13. The van der Waals surface area contributed by atoms with E-state index < -0.39 is 5.97 Å². The summed E-state index contributed by atoms with van der Waals surface area (Å²) < 4.78 is 11.3. The average Bonchev–Trinajstić information content (AvgIpc) is 3.56. The maximum Gasteiger partial charge on any atom is 0.345 e. The van der Waals surface area contributed by atoms with Crippen molar-refractivity contribution in [1.29, 1.82) is 0 Å². The van der Waals surface area contributed by atoms with Crippen molar-refractivity contribution in [1.82, 2.24) is 20.2 Å². The third kappa shape index (κ3) is 5.90. The zero-order valence-electron chi connectivity index (χ0n) is 19.5. The number of anilines is 2. The molecule has 9 nitrogen and oxygen atoms in total. The lowest BCUT2D eigenvalue weighted by atomic mass is 10.2. The second-order valence-electron chi connectivity index (χ2n) is 7.64. The van der Waals surface area contributed by atoms with Gasteiger partial charge >= 0.3 is 5.97 Å². The number of thioether (sulfide) groups is 1. The second kappa shape index (κ2) is 11.1. The minimum Gasteiger partial charge on any atom is -0.510 e. The molecule has 0 bridgehead atoms. The molecule has 37 heavy (non-hydrogen) atoms. The number of benzene rings is 3. The van der Waals surface area contributed by atoms with E-state index in [2.05, 4.69) is 25.5 Å². The maximum atomic E-state index is 12.4. The van der Waals surface area contributed by atoms with Gasteiger partial charge in [0.1, 0.15) is 28.7 Å². The van der Waals surface area contributed by atoms with Crippen LogP contribution in [0, 0.1) is 0 Å². The minimum atomic E-state index is -0.684. The molecule has 2 heterocycles. The van der Waals surface area contributed by atoms with Crippen LogP contribution in [0.2, 0.25) is 0 Å². The molecule has 0 saturated heterocycles. The van der Waals surface area contributed by atoms with Crippen molar-refractivity contribution in [2.24, 2.45) is 0 Å². The van der Waals surface area contributed by atoms with E-state index in [1.807, 2.05) is 78.9 Å². The van der Waals surface area contributed by atoms with Gasteiger partial charge in [0.2, 0.25) is 5.13 Å². The summed E-state index contributed by atoms with van der Waals surface area (Å²) in [4.78, 5) is 19.9. The predicted molar refractivity (Wildman–Crippen MR) is 145 cm³/mol. The van der Waals surface area contributed by atoms with Crippen LogP contribution < -0.4 is 10.1 Å². The van der Waals surface area contributed by atoms with Gasteiger partial charge in [-0.2, -0.15) is 0 Å². The van der Waals surface area contributed by atoms with Gasteiger partial charge in [-0.05, 0) is 48.5 Å². The van der Waals surface area contributed by atoms with Crippen molar-refractivity contribution in [3.8, 4) is 11.5 Å². The molecule has 0 unspecified atom stereocenters. The lowest BCUT2D eigenvalue weighted by Crippen LogP contribution is -2.09.